The first-order valence-corrected chi connectivity index (χ1v) is 11.9. The topological polar surface area (TPSA) is 48.1 Å². The Morgan fingerprint density at radius 3 is 1.32 bits per heavy atom. The Labute approximate surface area is 175 Å². The summed E-state index contributed by atoms with van der Waals surface area (Å²) in [5, 5.41) is 15.2. The molecule has 0 radical (unpaired) electrons. The van der Waals surface area contributed by atoms with Crippen LogP contribution in [0, 0.1) is 0 Å². The predicted octanol–water partition coefficient (Wildman–Crippen LogP) is 4.34. The minimum Gasteiger partial charge on any atom is -0.311 e. The molecule has 2 rings (SSSR count). The number of hydrogen-bond donors (Lipinski definition) is 4. The third-order valence-electron chi connectivity index (χ3n) is 6.66. The average Bonchev–Trinajstić information content (AvgIpc) is 2.44. The van der Waals surface area contributed by atoms with Gasteiger partial charge in [0.1, 0.15) is 0 Å². The van der Waals surface area contributed by atoms with Crippen LogP contribution in [0.25, 0.3) is 0 Å². The first kappa shape index (κ1) is 24.1. The number of piperidine rings is 2. The number of nitrogens with one attached hydrogen (secondary N) is 4. The lowest BCUT2D eigenvalue weighted by atomic mass is 9.76. The van der Waals surface area contributed by atoms with Crippen LogP contribution >= 0.6 is 0 Å². The predicted molar refractivity (Wildman–Crippen MR) is 123 cm³/mol. The Morgan fingerprint density at radius 1 is 0.643 bits per heavy atom. The first-order valence-electron chi connectivity index (χ1n) is 11.9. The van der Waals surface area contributed by atoms with Crippen LogP contribution in [0.5, 0.6) is 0 Å². The standard InChI is InChI=1S/C24H50N4/c1-19-15-23(7,17-21(3,4)27-19)25-13-11-9-10-12-14-26-24(8)16-20(2)28-22(5,6)18-24/h19-20,25-28H,9-18H2,1-8H3. The van der Waals surface area contributed by atoms with Gasteiger partial charge in [-0.15, -0.1) is 0 Å². The van der Waals surface area contributed by atoms with Crippen molar-refractivity contribution in [1.29, 1.82) is 0 Å². The van der Waals surface area contributed by atoms with Crippen molar-refractivity contribution in [3.05, 3.63) is 0 Å². The van der Waals surface area contributed by atoms with Gasteiger partial charge in [-0.25, -0.2) is 0 Å². The number of hydrogen-bond acceptors (Lipinski definition) is 4. The fourth-order valence-electron chi connectivity index (χ4n) is 6.64. The van der Waals surface area contributed by atoms with E-state index in [2.05, 4.69) is 76.7 Å². The van der Waals surface area contributed by atoms with Crippen LogP contribution in [0.4, 0.5) is 0 Å². The highest BCUT2D eigenvalue weighted by molar-refractivity contribution is 5.02. The molecular weight excluding hydrogens is 344 g/mol. The maximum atomic E-state index is 3.88. The summed E-state index contributed by atoms with van der Waals surface area (Å²) in [5.74, 6) is 0. The number of rotatable bonds is 9. The molecular formula is C24H50N4. The van der Waals surface area contributed by atoms with Crippen molar-refractivity contribution in [3.63, 3.8) is 0 Å². The van der Waals surface area contributed by atoms with Gasteiger partial charge in [-0.3, -0.25) is 0 Å². The molecule has 2 heterocycles. The van der Waals surface area contributed by atoms with Crippen molar-refractivity contribution in [2.45, 2.75) is 141 Å². The van der Waals surface area contributed by atoms with E-state index in [1.54, 1.807) is 0 Å². The molecule has 2 aliphatic heterocycles. The summed E-state index contributed by atoms with van der Waals surface area (Å²) < 4.78 is 0. The molecule has 0 saturated carbocycles. The van der Waals surface area contributed by atoms with Crippen LogP contribution in [-0.2, 0) is 0 Å². The minimum atomic E-state index is 0.238. The van der Waals surface area contributed by atoms with Crippen molar-refractivity contribution in [2.24, 2.45) is 0 Å². The molecule has 4 heteroatoms. The summed E-state index contributed by atoms with van der Waals surface area (Å²) in [5.41, 5.74) is 1.04. The van der Waals surface area contributed by atoms with E-state index in [9.17, 15) is 0 Å². The van der Waals surface area contributed by atoms with Gasteiger partial charge < -0.3 is 21.3 Å². The van der Waals surface area contributed by atoms with E-state index in [0.29, 0.717) is 12.1 Å². The molecule has 166 valence electrons. The van der Waals surface area contributed by atoms with Crippen molar-refractivity contribution >= 4 is 0 Å². The monoisotopic (exact) mass is 394 g/mol. The van der Waals surface area contributed by atoms with Crippen LogP contribution in [-0.4, -0.2) is 47.3 Å². The summed E-state index contributed by atoms with van der Waals surface area (Å²) in [6, 6.07) is 1.19. The molecule has 4 N–H and O–H groups in total. The van der Waals surface area contributed by atoms with E-state index in [1.165, 1.54) is 51.4 Å². The van der Waals surface area contributed by atoms with Crippen LogP contribution in [0.15, 0.2) is 0 Å². The quantitative estimate of drug-likeness (QED) is 0.439. The summed E-state index contributed by atoms with van der Waals surface area (Å²) in [6.07, 6.45) is 10.1. The Hall–Kier alpha value is -0.160. The molecule has 2 aliphatic rings. The summed E-state index contributed by atoms with van der Waals surface area (Å²) in [7, 11) is 0. The van der Waals surface area contributed by atoms with Crippen LogP contribution in [0.3, 0.4) is 0 Å². The zero-order valence-corrected chi connectivity index (χ0v) is 20.2. The molecule has 0 aromatic heterocycles. The van der Waals surface area contributed by atoms with E-state index >= 15 is 0 Å². The van der Waals surface area contributed by atoms with E-state index in [-0.39, 0.29) is 22.2 Å². The van der Waals surface area contributed by atoms with Gasteiger partial charge in [0.05, 0.1) is 0 Å². The summed E-state index contributed by atoms with van der Waals surface area (Å²) in [4.78, 5) is 0. The third kappa shape index (κ3) is 7.93. The average molecular weight is 395 g/mol. The second kappa shape index (κ2) is 9.32. The second-order valence-electron chi connectivity index (χ2n) is 12.0. The van der Waals surface area contributed by atoms with Gasteiger partial charge in [-0.1, -0.05) is 12.8 Å². The zero-order chi connectivity index (χ0) is 21.1. The van der Waals surface area contributed by atoms with Crippen LogP contribution in [0.2, 0.25) is 0 Å². The Bertz CT molecular complexity index is 445. The minimum absolute atomic E-state index is 0.238. The van der Waals surface area contributed by atoms with Gasteiger partial charge >= 0.3 is 0 Å². The fourth-order valence-corrected chi connectivity index (χ4v) is 6.64. The van der Waals surface area contributed by atoms with E-state index in [1.807, 2.05) is 0 Å². The van der Waals surface area contributed by atoms with E-state index in [4.69, 9.17) is 0 Å². The highest BCUT2D eigenvalue weighted by Gasteiger charge is 2.39. The summed E-state index contributed by atoms with van der Waals surface area (Å²) in [6.45, 7) is 21.1. The first-order chi connectivity index (χ1) is 12.8. The molecule has 28 heavy (non-hydrogen) atoms. The van der Waals surface area contributed by atoms with Crippen molar-refractivity contribution < 1.29 is 0 Å². The van der Waals surface area contributed by atoms with Gasteiger partial charge in [-0.2, -0.15) is 0 Å². The molecule has 2 fully saturated rings. The lowest BCUT2D eigenvalue weighted by Gasteiger charge is -2.47. The highest BCUT2D eigenvalue weighted by atomic mass is 15.1. The van der Waals surface area contributed by atoms with E-state index < -0.39 is 0 Å². The normalized spacial score (nSPS) is 37.7. The van der Waals surface area contributed by atoms with Gasteiger partial charge in [0.2, 0.25) is 0 Å². The molecule has 0 aliphatic carbocycles. The van der Waals surface area contributed by atoms with Gasteiger partial charge in [0, 0.05) is 34.2 Å². The molecule has 0 aromatic rings. The lowest BCUT2D eigenvalue weighted by Crippen LogP contribution is -2.61. The Morgan fingerprint density at radius 2 is 1.00 bits per heavy atom. The van der Waals surface area contributed by atoms with Gasteiger partial charge in [0.15, 0.2) is 0 Å². The fraction of sp³-hybridized carbons (Fsp3) is 1.00. The van der Waals surface area contributed by atoms with Gasteiger partial charge in [-0.05, 0) is 107 Å². The molecule has 4 nitrogen and oxygen atoms in total. The SMILES string of the molecule is CC1CC(C)(NCCCCCCNC2(C)CC(C)NC(C)(C)C2)CC(C)(C)N1. The molecule has 0 bridgehead atoms. The molecule has 4 unspecified atom stereocenters. The highest BCUT2D eigenvalue weighted by Crippen LogP contribution is 2.31. The molecule has 0 spiro atoms. The van der Waals surface area contributed by atoms with Crippen molar-refractivity contribution in [1.82, 2.24) is 21.3 Å². The second-order valence-corrected chi connectivity index (χ2v) is 12.0. The summed E-state index contributed by atoms with van der Waals surface area (Å²) >= 11 is 0. The largest absolute Gasteiger partial charge is 0.311 e. The molecule has 0 amide bonds. The van der Waals surface area contributed by atoms with Crippen molar-refractivity contribution in [2.75, 3.05) is 13.1 Å². The van der Waals surface area contributed by atoms with Crippen LogP contribution in [0.1, 0.15) is 107 Å². The maximum absolute atomic E-state index is 3.88. The van der Waals surface area contributed by atoms with Gasteiger partial charge in [0.25, 0.3) is 0 Å². The molecule has 4 atom stereocenters. The van der Waals surface area contributed by atoms with Crippen LogP contribution < -0.4 is 21.3 Å². The van der Waals surface area contributed by atoms with E-state index in [0.717, 1.165) is 13.1 Å². The smallest absolute Gasteiger partial charge is 0.0185 e. The van der Waals surface area contributed by atoms with Crippen molar-refractivity contribution in [3.8, 4) is 0 Å². The Kier molecular flexibility index (Phi) is 8.03. The maximum Gasteiger partial charge on any atom is 0.0185 e. The molecule has 2 saturated heterocycles. The molecule has 0 aromatic carbocycles. The zero-order valence-electron chi connectivity index (χ0n) is 20.2. The lowest BCUT2D eigenvalue weighted by molar-refractivity contribution is 0.138. The Balaban J connectivity index is 1.57. The third-order valence-corrected chi connectivity index (χ3v) is 6.66. The number of unbranched alkanes of at least 4 members (excludes halogenated alkanes) is 3.